The number of benzene rings is 1. The number of hydrogen-bond acceptors (Lipinski definition) is 6. The molecule has 1 aromatic carbocycles. The lowest BCUT2D eigenvalue weighted by Gasteiger charge is -2.33. The van der Waals surface area contributed by atoms with Crippen molar-refractivity contribution in [3.8, 4) is 11.5 Å². The number of likely N-dealkylation sites (tertiary alicyclic amines) is 1. The van der Waals surface area contributed by atoms with Crippen LogP contribution in [0, 0.1) is 0 Å². The predicted molar refractivity (Wildman–Crippen MR) is 89.4 cm³/mol. The molecule has 0 saturated carbocycles. The summed E-state index contributed by atoms with van der Waals surface area (Å²) in [6.45, 7) is 0.682. The highest BCUT2D eigenvalue weighted by Crippen LogP contribution is 2.32. The van der Waals surface area contributed by atoms with Crippen molar-refractivity contribution in [2.45, 2.75) is 25.3 Å². The normalized spacial score (nSPS) is 17.4. The van der Waals surface area contributed by atoms with Crippen LogP contribution in [0.3, 0.4) is 0 Å². The Hall–Kier alpha value is -3.09. The van der Waals surface area contributed by atoms with E-state index in [-0.39, 0.29) is 11.9 Å². The summed E-state index contributed by atoms with van der Waals surface area (Å²) in [5, 5.41) is 11.8. The van der Waals surface area contributed by atoms with E-state index in [4.69, 9.17) is 4.52 Å². The third-order valence-corrected chi connectivity index (χ3v) is 4.31. The molecule has 7 nitrogen and oxygen atoms in total. The molecule has 1 fully saturated rings. The van der Waals surface area contributed by atoms with E-state index in [2.05, 4.69) is 20.3 Å². The Morgan fingerprint density at radius 3 is 2.80 bits per heavy atom. The average Bonchev–Trinajstić information content (AvgIpc) is 3.19. The first kappa shape index (κ1) is 15.4. The van der Waals surface area contributed by atoms with Gasteiger partial charge in [-0.05, 0) is 43.5 Å². The van der Waals surface area contributed by atoms with E-state index in [9.17, 15) is 4.79 Å². The highest BCUT2D eigenvalue weighted by molar-refractivity contribution is 5.94. The van der Waals surface area contributed by atoms with Crippen molar-refractivity contribution in [1.82, 2.24) is 25.2 Å². The van der Waals surface area contributed by atoms with Crippen LogP contribution in [0.5, 0.6) is 0 Å². The fourth-order valence-corrected chi connectivity index (χ4v) is 3.07. The van der Waals surface area contributed by atoms with Crippen molar-refractivity contribution in [3.63, 3.8) is 0 Å². The van der Waals surface area contributed by atoms with Gasteiger partial charge in [0.1, 0.15) is 11.7 Å². The first-order valence-corrected chi connectivity index (χ1v) is 8.30. The van der Waals surface area contributed by atoms with Crippen molar-refractivity contribution in [3.05, 3.63) is 60.1 Å². The number of hydrogen-bond donors (Lipinski definition) is 0. The van der Waals surface area contributed by atoms with Crippen LogP contribution >= 0.6 is 0 Å². The van der Waals surface area contributed by atoms with Crippen LogP contribution in [-0.4, -0.2) is 37.7 Å². The fraction of sp³-hybridized carbons (Fsp3) is 0.278. The summed E-state index contributed by atoms with van der Waals surface area (Å²) in [6.07, 6.45) is 4.39. The van der Waals surface area contributed by atoms with Crippen molar-refractivity contribution in [2.75, 3.05) is 6.54 Å². The zero-order valence-corrected chi connectivity index (χ0v) is 13.6. The van der Waals surface area contributed by atoms with Crippen LogP contribution < -0.4 is 0 Å². The average molecular weight is 335 g/mol. The van der Waals surface area contributed by atoms with Crippen LogP contribution in [0.1, 0.15) is 41.6 Å². The first-order chi connectivity index (χ1) is 12.3. The molecule has 0 bridgehead atoms. The Morgan fingerprint density at radius 2 is 2.00 bits per heavy atom. The number of piperidine rings is 1. The molecule has 7 heteroatoms. The highest BCUT2D eigenvalue weighted by atomic mass is 16.5. The highest BCUT2D eigenvalue weighted by Gasteiger charge is 2.32. The molecule has 0 N–H and O–H groups in total. The van der Waals surface area contributed by atoms with Gasteiger partial charge in [-0.25, -0.2) is 0 Å². The quantitative estimate of drug-likeness (QED) is 0.731. The summed E-state index contributed by atoms with van der Waals surface area (Å²) in [5.74, 6) is 0.829. The second-order valence-corrected chi connectivity index (χ2v) is 5.94. The maximum Gasteiger partial charge on any atom is 0.254 e. The number of rotatable bonds is 3. The Kier molecular flexibility index (Phi) is 4.20. The van der Waals surface area contributed by atoms with E-state index in [1.54, 1.807) is 18.3 Å². The second-order valence-electron chi connectivity index (χ2n) is 5.94. The lowest BCUT2D eigenvalue weighted by atomic mass is 10.0. The van der Waals surface area contributed by atoms with Gasteiger partial charge >= 0.3 is 0 Å². The monoisotopic (exact) mass is 335 g/mol. The van der Waals surface area contributed by atoms with Crippen LogP contribution in [0.25, 0.3) is 11.5 Å². The van der Waals surface area contributed by atoms with E-state index >= 15 is 0 Å². The topological polar surface area (TPSA) is 85.0 Å². The lowest BCUT2D eigenvalue weighted by molar-refractivity contribution is 0.0561. The third-order valence-electron chi connectivity index (χ3n) is 4.31. The molecular formula is C18H17N5O2. The van der Waals surface area contributed by atoms with E-state index in [1.165, 1.54) is 0 Å². The van der Waals surface area contributed by atoms with E-state index in [0.717, 1.165) is 19.3 Å². The van der Waals surface area contributed by atoms with Crippen LogP contribution in [-0.2, 0) is 0 Å². The summed E-state index contributed by atoms with van der Waals surface area (Å²) in [6, 6.07) is 12.6. The van der Waals surface area contributed by atoms with Gasteiger partial charge in [-0.15, -0.1) is 5.10 Å². The molecule has 1 aliphatic heterocycles. The summed E-state index contributed by atoms with van der Waals surface area (Å²) in [4.78, 5) is 19.2. The minimum absolute atomic E-state index is 0.00967. The minimum Gasteiger partial charge on any atom is -0.337 e. The number of carbonyl (C=O) groups excluding carboxylic acids is 1. The molecule has 2 aromatic heterocycles. The maximum atomic E-state index is 12.9. The van der Waals surface area contributed by atoms with Crippen LogP contribution in [0.2, 0.25) is 0 Å². The van der Waals surface area contributed by atoms with E-state index in [1.807, 2.05) is 35.2 Å². The van der Waals surface area contributed by atoms with Gasteiger partial charge in [-0.3, -0.25) is 4.79 Å². The first-order valence-electron chi connectivity index (χ1n) is 8.30. The van der Waals surface area contributed by atoms with Crippen molar-refractivity contribution >= 4 is 5.91 Å². The molecule has 1 saturated heterocycles. The Bertz CT molecular complexity index is 850. The summed E-state index contributed by atoms with van der Waals surface area (Å²) in [5.41, 5.74) is 1.22. The smallest absolute Gasteiger partial charge is 0.254 e. The molecule has 1 atom stereocenters. The molecule has 0 radical (unpaired) electrons. The van der Waals surface area contributed by atoms with Crippen molar-refractivity contribution in [2.24, 2.45) is 0 Å². The molecule has 1 aliphatic rings. The van der Waals surface area contributed by atoms with Gasteiger partial charge < -0.3 is 9.42 Å². The standard InChI is InChI=1S/C18H17N5O2/c24-18(13-7-2-1-3-8-13)23-12-5-4-10-15(23)17-20-16(22-25-17)14-9-6-11-19-21-14/h1-3,6-9,11,15H,4-5,10,12H2. The van der Waals surface area contributed by atoms with E-state index < -0.39 is 0 Å². The van der Waals surface area contributed by atoms with Crippen molar-refractivity contribution in [1.29, 1.82) is 0 Å². The molecule has 1 unspecified atom stereocenters. The fourth-order valence-electron chi connectivity index (χ4n) is 3.07. The number of nitrogens with zero attached hydrogens (tertiary/aromatic N) is 5. The van der Waals surface area contributed by atoms with Crippen LogP contribution in [0.4, 0.5) is 0 Å². The minimum atomic E-state index is -0.209. The Morgan fingerprint density at radius 1 is 1.12 bits per heavy atom. The number of carbonyl (C=O) groups is 1. The largest absolute Gasteiger partial charge is 0.337 e. The molecule has 25 heavy (non-hydrogen) atoms. The molecule has 0 spiro atoms. The van der Waals surface area contributed by atoms with Crippen molar-refractivity contribution < 1.29 is 9.32 Å². The molecule has 1 amide bonds. The van der Waals surface area contributed by atoms with Gasteiger partial charge in [0, 0.05) is 18.3 Å². The van der Waals surface area contributed by atoms with Gasteiger partial charge in [-0.1, -0.05) is 23.4 Å². The SMILES string of the molecule is O=C(c1ccccc1)N1CCCCC1c1nc(-c2cccnn2)no1. The summed E-state index contributed by atoms with van der Waals surface area (Å²) in [7, 11) is 0. The Labute approximate surface area is 144 Å². The summed E-state index contributed by atoms with van der Waals surface area (Å²) >= 11 is 0. The molecule has 0 aliphatic carbocycles. The van der Waals surface area contributed by atoms with Gasteiger partial charge in [-0.2, -0.15) is 10.1 Å². The molecule has 4 rings (SSSR count). The predicted octanol–water partition coefficient (Wildman–Crippen LogP) is 2.89. The zero-order chi connectivity index (χ0) is 17.1. The zero-order valence-electron chi connectivity index (χ0n) is 13.6. The molecular weight excluding hydrogens is 318 g/mol. The maximum absolute atomic E-state index is 12.9. The van der Waals surface area contributed by atoms with Gasteiger partial charge in [0.25, 0.3) is 5.91 Å². The van der Waals surface area contributed by atoms with Gasteiger partial charge in [0.15, 0.2) is 0 Å². The van der Waals surface area contributed by atoms with E-state index in [0.29, 0.717) is 29.5 Å². The Balaban J connectivity index is 1.62. The second kappa shape index (κ2) is 6.80. The molecule has 3 aromatic rings. The summed E-state index contributed by atoms with van der Waals surface area (Å²) < 4.78 is 5.45. The number of amides is 1. The lowest BCUT2D eigenvalue weighted by Crippen LogP contribution is -2.38. The van der Waals surface area contributed by atoms with Gasteiger partial charge in [0.05, 0.1) is 0 Å². The third kappa shape index (κ3) is 3.13. The molecule has 3 heterocycles. The molecule has 126 valence electrons. The van der Waals surface area contributed by atoms with Gasteiger partial charge in [0.2, 0.25) is 11.7 Å². The van der Waals surface area contributed by atoms with Crippen LogP contribution in [0.15, 0.2) is 53.2 Å². The number of aromatic nitrogens is 4.